The van der Waals surface area contributed by atoms with E-state index in [9.17, 15) is 9.90 Å². The predicted molar refractivity (Wildman–Crippen MR) is 99.2 cm³/mol. The van der Waals surface area contributed by atoms with Gasteiger partial charge < -0.3 is 15.7 Å². The lowest BCUT2D eigenvalue weighted by Gasteiger charge is -2.34. The maximum atomic E-state index is 12.3. The van der Waals surface area contributed by atoms with E-state index in [2.05, 4.69) is 39.8 Å². The van der Waals surface area contributed by atoms with E-state index >= 15 is 0 Å². The highest BCUT2D eigenvalue weighted by Crippen LogP contribution is 2.23. The molecule has 0 unspecified atom stereocenters. The Hall–Kier alpha value is -1.59. The van der Waals surface area contributed by atoms with E-state index in [1.165, 1.54) is 5.56 Å². The molecule has 1 aromatic carbocycles. The molecule has 1 saturated heterocycles. The Morgan fingerprint density at radius 2 is 1.76 bits per heavy atom. The zero-order chi connectivity index (χ0) is 17.5. The number of carbonyl (C=O) groups is 1. The van der Waals surface area contributed by atoms with Crippen LogP contribution in [0.4, 0.5) is 4.79 Å². The van der Waals surface area contributed by atoms with E-state index in [1.54, 1.807) is 0 Å². The van der Waals surface area contributed by atoms with Gasteiger partial charge in [-0.25, -0.2) is 4.79 Å². The third-order valence-electron chi connectivity index (χ3n) is 5.53. The highest BCUT2D eigenvalue weighted by molar-refractivity contribution is 5.74. The molecule has 1 aliphatic carbocycles. The Kier molecular flexibility index (Phi) is 6.70. The molecule has 2 amide bonds. The Morgan fingerprint density at radius 3 is 2.48 bits per heavy atom. The number of benzene rings is 1. The topological polar surface area (TPSA) is 64.6 Å². The maximum Gasteiger partial charge on any atom is 0.315 e. The van der Waals surface area contributed by atoms with E-state index in [0.717, 1.165) is 58.2 Å². The van der Waals surface area contributed by atoms with Gasteiger partial charge in [0.05, 0.1) is 0 Å². The molecule has 1 aromatic rings. The summed E-state index contributed by atoms with van der Waals surface area (Å²) in [6, 6.07) is 11.0. The van der Waals surface area contributed by atoms with Crippen molar-refractivity contribution in [2.45, 2.75) is 57.2 Å². The molecule has 0 radical (unpaired) electrons. The van der Waals surface area contributed by atoms with E-state index in [-0.39, 0.29) is 24.7 Å². The standard InChI is InChI=1S/C20H31N3O2/c24-15-17-8-10-18(11-9-17)21-20(25)22-19-7-4-12-23(14-19)13-16-5-2-1-3-6-16/h1-3,5-6,17-19,24H,4,7-15H2,(H2,21,22,25)/t17?,18?,19-/m1/s1. The van der Waals surface area contributed by atoms with Gasteiger partial charge in [0.1, 0.15) is 0 Å². The quantitative estimate of drug-likeness (QED) is 0.768. The number of urea groups is 1. The number of nitrogens with zero attached hydrogens (tertiary/aromatic N) is 1. The lowest BCUT2D eigenvalue weighted by atomic mass is 9.87. The van der Waals surface area contributed by atoms with E-state index in [1.807, 2.05) is 6.07 Å². The molecule has 2 fully saturated rings. The van der Waals surface area contributed by atoms with Gasteiger partial charge in [-0.05, 0) is 56.6 Å². The number of hydrogen-bond acceptors (Lipinski definition) is 3. The fourth-order valence-electron chi connectivity index (χ4n) is 4.06. The lowest BCUT2D eigenvalue weighted by molar-refractivity contribution is 0.167. The number of aliphatic hydroxyl groups excluding tert-OH is 1. The van der Waals surface area contributed by atoms with Crippen LogP contribution in [0.3, 0.4) is 0 Å². The van der Waals surface area contributed by atoms with Crippen LogP contribution in [0.25, 0.3) is 0 Å². The predicted octanol–water partition coefficient (Wildman–Crippen LogP) is 2.50. The van der Waals surface area contributed by atoms with Crippen molar-refractivity contribution in [3.63, 3.8) is 0 Å². The van der Waals surface area contributed by atoms with Crippen LogP contribution in [0.5, 0.6) is 0 Å². The molecule has 1 aliphatic heterocycles. The summed E-state index contributed by atoms with van der Waals surface area (Å²) in [5.41, 5.74) is 1.33. The average Bonchev–Trinajstić information content (AvgIpc) is 2.63. The number of rotatable bonds is 5. The van der Waals surface area contributed by atoms with Gasteiger partial charge in [0.25, 0.3) is 0 Å². The van der Waals surface area contributed by atoms with Gasteiger partial charge in [-0.3, -0.25) is 4.90 Å². The maximum absolute atomic E-state index is 12.3. The van der Waals surface area contributed by atoms with Crippen molar-refractivity contribution in [2.75, 3.05) is 19.7 Å². The first kappa shape index (κ1) is 18.2. The molecule has 2 aliphatic rings. The molecule has 1 heterocycles. The summed E-state index contributed by atoms with van der Waals surface area (Å²) in [5.74, 6) is 0.422. The fourth-order valence-corrected chi connectivity index (χ4v) is 4.06. The molecule has 0 spiro atoms. The smallest absolute Gasteiger partial charge is 0.315 e. The molecule has 3 N–H and O–H groups in total. The van der Waals surface area contributed by atoms with Crippen molar-refractivity contribution >= 4 is 6.03 Å². The van der Waals surface area contributed by atoms with Crippen molar-refractivity contribution < 1.29 is 9.90 Å². The first-order valence-electron chi connectivity index (χ1n) is 9.67. The molecular formula is C20H31N3O2. The molecule has 0 bridgehead atoms. The van der Waals surface area contributed by atoms with Crippen LogP contribution in [-0.2, 0) is 6.54 Å². The number of piperidine rings is 1. The van der Waals surface area contributed by atoms with Crippen molar-refractivity contribution in [3.8, 4) is 0 Å². The van der Waals surface area contributed by atoms with Crippen molar-refractivity contribution in [1.29, 1.82) is 0 Å². The van der Waals surface area contributed by atoms with Gasteiger partial charge in [0, 0.05) is 31.8 Å². The lowest BCUT2D eigenvalue weighted by Crippen LogP contribution is -2.52. The van der Waals surface area contributed by atoms with Crippen LogP contribution >= 0.6 is 0 Å². The van der Waals surface area contributed by atoms with Crippen LogP contribution in [0.1, 0.15) is 44.1 Å². The molecule has 1 atom stereocenters. The minimum absolute atomic E-state index is 0.0287. The molecule has 3 rings (SSSR count). The number of amides is 2. The van der Waals surface area contributed by atoms with Gasteiger partial charge >= 0.3 is 6.03 Å². The van der Waals surface area contributed by atoms with Crippen LogP contribution in [0, 0.1) is 5.92 Å². The zero-order valence-corrected chi connectivity index (χ0v) is 15.0. The Bertz CT molecular complexity index is 529. The first-order chi connectivity index (χ1) is 12.2. The van der Waals surface area contributed by atoms with E-state index in [4.69, 9.17) is 0 Å². The molecule has 5 heteroatoms. The molecule has 1 saturated carbocycles. The molecule has 25 heavy (non-hydrogen) atoms. The Morgan fingerprint density at radius 1 is 1.04 bits per heavy atom. The van der Waals surface area contributed by atoms with Gasteiger partial charge in [-0.15, -0.1) is 0 Å². The fraction of sp³-hybridized carbons (Fsp3) is 0.650. The molecular weight excluding hydrogens is 314 g/mol. The van der Waals surface area contributed by atoms with Crippen LogP contribution in [-0.4, -0.2) is 47.8 Å². The summed E-state index contributed by atoms with van der Waals surface area (Å²) in [7, 11) is 0. The summed E-state index contributed by atoms with van der Waals surface area (Å²) in [6.45, 7) is 3.24. The van der Waals surface area contributed by atoms with Gasteiger partial charge in [-0.1, -0.05) is 30.3 Å². The third kappa shape index (κ3) is 5.72. The Labute approximate surface area is 150 Å². The highest BCUT2D eigenvalue weighted by atomic mass is 16.3. The third-order valence-corrected chi connectivity index (χ3v) is 5.53. The van der Waals surface area contributed by atoms with Crippen LogP contribution in [0.15, 0.2) is 30.3 Å². The number of carbonyl (C=O) groups excluding carboxylic acids is 1. The Balaban J connectivity index is 1.40. The number of likely N-dealkylation sites (tertiary alicyclic amines) is 1. The monoisotopic (exact) mass is 345 g/mol. The van der Waals surface area contributed by atoms with Gasteiger partial charge in [0.15, 0.2) is 0 Å². The summed E-state index contributed by atoms with van der Waals surface area (Å²) in [4.78, 5) is 14.7. The second-order valence-corrected chi connectivity index (χ2v) is 7.58. The van der Waals surface area contributed by atoms with Crippen LogP contribution < -0.4 is 10.6 Å². The van der Waals surface area contributed by atoms with Gasteiger partial charge in [-0.2, -0.15) is 0 Å². The number of aliphatic hydroxyl groups is 1. The summed E-state index contributed by atoms with van der Waals surface area (Å²) in [6.07, 6.45) is 6.15. The summed E-state index contributed by atoms with van der Waals surface area (Å²) in [5, 5.41) is 15.5. The minimum Gasteiger partial charge on any atom is -0.396 e. The SMILES string of the molecule is O=C(NC1CCC(CO)CC1)N[C@@H]1CCCN(Cc2ccccc2)C1. The summed E-state index contributed by atoms with van der Waals surface area (Å²) < 4.78 is 0. The van der Waals surface area contributed by atoms with Crippen molar-refractivity contribution in [3.05, 3.63) is 35.9 Å². The van der Waals surface area contributed by atoms with Crippen molar-refractivity contribution in [2.24, 2.45) is 5.92 Å². The van der Waals surface area contributed by atoms with Crippen molar-refractivity contribution in [1.82, 2.24) is 15.5 Å². The minimum atomic E-state index is -0.0287. The molecule has 0 aromatic heterocycles. The van der Waals surface area contributed by atoms with Gasteiger partial charge in [0.2, 0.25) is 0 Å². The molecule has 5 nitrogen and oxygen atoms in total. The zero-order valence-electron chi connectivity index (χ0n) is 15.0. The highest BCUT2D eigenvalue weighted by Gasteiger charge is 2.24. The molecule has 138 valence electrons. The average molecular weight is 345 g/mol. The first-order valence-corrected chi connectivity index (χ1v) is 9.67. The summed E-state index contributed by atoms with van der Waals surface area (Å²) >= 11 is 0. The second-order valence-electron chi connectivity index (χ2n) is 7.58. The number of hydrogen-bond donors (Lipinski definition) is 3. The van der Waals surface area contributed by atoms with E-state index in [0.29, 0.717) is 5.92 Å². The second kappa shape index (κ2) is 9.20. The van der Waals surface area contributed by atoms with Crippen LogP contribution in [0.2, 0.25) is 0 Å². The largest absolute Gasteiger partial charge is 0.396 e. The van der Waals surface area contributed by atoms with E-state index < -0.39 is 0 Å². The number of nitrogens with one attached hydrogen (secondary N) is 2. The normalized spacial score (nSPS) is 27.6.